The van der Waals surface area contributed by atoms with Crippen LogP contribution >= 0.6 is 23.1 Å². The van der Waals surface area contributed by atoms with Crippen LogP contribution in [0.1, 0.15) is 56.6 Å². The molecule has 0 aliphatic carbocycles. The van der Waals surface area contributed by atoms with E-state index in [2.05, 4.69) is 72.1 Å². The van der Waals surface area contributed by atoms with Crippen molar-refractivity contribution in [2.24, 2.45) is 7.05 Å². The van der Waals surface area contributed by atoms with Crippen LogP contribution in [0.4, 0.5) is 0 Å². The van der Waals surface area contributed by atoms with Gasteiger partial charge in [0.2, 0.25) is 0 Å². The second-order valence-corrected chi connectivity index (χ2v) is 8.56. The zero-order valence-corrected chi connectivity index (χ0v) is 17.0. The van der Waals surface area contributed by atoms with Crippen molar-refractivity contribution >= 4 is 23.1 Å². The van der Waals surface area contributed by atoms with Crippen LogP contribution in [-0.4, -0.2) is 19.7 Å². The Bertz CT molecular complexity index is 831. The summed E-state index contributed by atoms with van der Waals surface area (Å²) >= 11 is 3.39. The summed E-state index contributed by atoms with van der Waals surface area (Å²) in [7, 11) is 2.03. The zero-order valence-electron chi connectivity index (χ0n) is 15.4. The molecule has 0 fully saturated rings. The van der Waals surface area contributed by atoms with Gasteiger partial charge in [-0.1, -0.05) is 63.7 Å². The maximum Gasteiger partial charge on any atom is 0.191 e. The Balaban J connectivity index is 1.68. The average molecular weight is 373 g/mol. The van der Waals surface area contributed by atoms with Crippen LogP contribution in [-0.2, 0) is 12.8 Å². The van der Waals surface area contributed by atoms with Crippen LogP contribution in [0.2, 0.25) is 0 Å². The molecule has 0 spiro atoms. The van der Waals surface area contributed by atoms with Gasteiger partial charge in [-0.25, -0.2) is 4.98 Å². The summed E-state index contributed by atoms with van der Waals surface area (Å²) in [6.45, 7) is 8.70. The molecule has 132 valence electrons. The first-order valence-corrected chi connectivity index (χ1v) is 10.4. The summed E-state index contributed by atoms with van der Waals surface area (Å²) in [6, 6.07) is 8.73. The molecule has 0 radical (unpaired) electrons. The van der Waals surface area contributed by atoms with Crippen molar-refractivity contribution in [1.82, 2.24) is 19.7 Å². The first-order chi connectivity index (χ1) is 12.0. The molecule has 2 heterocycles. The number of aromatic nitrogens is 4. The third-order valence-corrected chi connectivity index (χ3v) is 6.10. The molecule has 0 saturated heterocycles. The number of hydrogen-bond acceptors (Lipinski definition) is 5. The largest absolute Gasteiger partial charge is 0.309 e. The SMILES string of the molecule is CC(C)c1ccc(-c2nc(CSc3nnc(C(C)C)n3C)cs2)cc1. The molecule has 25 heavy (non-hydrogen) atoms. The summed E-state index contributed by atoms with van der Waals surface area (Å²) in [6.07, 6.45) is 0. The molecule has 0 bridgehead atoms. The van der Waals surface area contributed by atoms with E-state index >= 15 is 0 Å². The van der Waals surface area contributed by atoms with E-state index in [0.29, 0.717) is 11.8 Å². The number of nitrogens with zero attached hydrogens (tertiary/aromatic N) is 4. The van der Waals surface area contributed by atoms with E-state index in [1.54, 1.807) is 23.1 Å². The predicted octanol–water partition coefficient (Wildman–Crippen LogP) is 5.48. The predicted molar refractivity (Wildman–Crippen MR) is 106 cm³/mol. The Kier molecular flexibility index (Phi) is 5.59. The van der Waals surface area contributed by atoms with Crippen LogP contribution in [0, 0.1) is 0 Å². The summed E-state index contributed by atoms with van der Waals surface area (Å²) in [5.41, 5.74) is 3.64. The Morgan fingerprint density at radius 3 is 2.36 bits per heavy atom. The van der Waals surface area contributed by atoms with Crippen molar-refractivity contribution in [2.45, 2.75) is 50.4 Å². The van der Waals surface area contributed by atoms with Gasteiger partial charge in [0, 0.05) is 29.7 Å². The second-order valence-electron chi connectivity index (χ2n) is 6.76. The Hall–Kier alpha value is -1.66. The van der Waals surface area contributed by atoms with E-state index in [4.69, 9.17) is 4.98 Å². The van der Waals surface area contributed by atoms with Gasteiger partial charge < -0.3 is 4.57 Å². The van der Waals surface area contributed by atoms with Gasteiger partial charge in [-0.2, -0.15) is 0 Å². The molecule has 2 aromatic heterocycles. The van der Waals surface area contributed by atoms with E-state index in [1.165, 1.54) is 11.1 Å². The lowest BCUT2D eigenvalue weighted by Gasteiger charge is -2.05. The highest BCUT2D eigenvalue weighted by Gasteiger charge is 2.13. The van der Waals surface area contributed by atoms with Crippen molar-refractivity contribution in [2.75, 3.05) is 0 Å². The average Bonchev–Trinajstić information content (AvgIpc) is 3.20. The summed E-state index contributed by atoms with van der Waals surface area (Å²) in [4.78, 5) is 4.78. The lowest BCUT2D eigenvalue weighted by Crippen LogP contribution is -2.00. The van der Waals surface area contributed by atoms with Gasteiger partial charge in [-0.3, -0.25) is 0 Å². The highest BCUT2D eigenvalue weighted by molar-refractivity contribution is 7.98. The van der Waals surface area contributed by atoms with Gasteiger partial charge in [0.25, 0.3) is 0 Å². The molecule has 6 heteroatoms. The maximum atomic E-state index is 4.78. The van der Waals surface area contributed by atoms with Gasteiger partial charge in [0.1, 0.15) is 10.8 Å². The number of rotatable bonds is 6. The van der Waals surface area contributed by atoms with Gasteiger partial charge in [-0.15, -0.1) is 21.5 Å². The van der Waals surface area contributed by atoms with Gasteiger partial charge in [-0.05, 0) is 11.5 Å². The topological polar surface area (TPSA) is 43.6 Å². The molecule has 3 aromatic rings. The first kappa shape index (κ1) is 18.1. The van der Waals surface area contributed by atoms with Crippen LogP contribution in [0.5, 0.6) is 0 Å². The third-order valence-electron chi connectivity index (χ3n) is 4.11. The standard InChI is InChI=1S/C19H24N4S2/c1-12(2)14-6-8-15(9-7-14)18-20-16(10-24-18)11-25-19-22-21-17(13(3)4)23(19)5/h6-10,12-13H,11H2,1-5H3. The minimum Gasteiger partial charge on any atom is -0.309 e. The zero-order chi connectivity index (χ0) is 18.0. The van der Waals surface area contributed by atoms with E-state index in [0.717, 1.165) is 27.4 Å². The molecule has 0 atom stereocenters. The molecule has 0 N–H and O–H groups in total. The highest BCUT2D eigenvalue weighted by atomic mass is 32.2. The number of benzene rings is 1. The lowest BCUT2D eigenvalue weighted by molar-refractivity contribution is 0.680. The lowest BCUT2D eigenvalue weighted by atomic mass is 10.0. The monoisotopic (exact) mass is 372 g/mol. The highest BCUT2D eigenvalue weighted by Crippen LogP contribution is 2.29. The summed E-state index contributed by atoms with van der Waals surface area (Å²) in [5.74, 6) is 2.77. The molecule has 0 aliphatic rings. The van der Waals surface area contributed by atoms with Gasteiger partial charge in [0.15, 0.2) is 5.16 Å². The maximum absolute atomic E-state index is 4.78. The quantitative estimate of drug-likeness (QED) is 0.538. The van der Waals surface area contributed by atoms with E-state index < -0.39 is 0 Å². The summed E-state index contributed by atoms with van der Waals surface area (Å²) in [5, 5.41) is 12.7. The van der Waals surface area contributed by atoms with E-state index in [1.807, 2.05) is 7.05 Å². The van der Waals surface area contributed by atoms with Crippen LogP contribution < -0.4 is 0 Å². The number of hydrogen-bond donors (Lipinski definition) is 0. The third kappa shape index (κ3) is 4.12. The van der Waals surface area contributed by atoms with Crippen molar-refractivity contribution in [3.8, 4) is 10.6 Å². The normalized spacial score (nSPS) is 11.6. The van der Waals surface area contributed by atoms with Crippen molar-refractivity contribution in [1.29, 1.82) is 0 Å². The van der Waals surface area contributed by atoms with Crippen LogP contribution in [0.25, 0.3) is 10.6 Å². The minimum absolute atomic E-state index is 0.381. The van der Waals surface area contributed by atoms with Crippen molar-refractivity contribution in [3.05, 3.63) is 46.7 Å². The molecule has 0 aliphatic heterocycles. The molecular formula is C19H24N4S2. The molecule has 3 rings (SSSR count). The molecule has 4 nitrogen and oxygen atoms in total. The van der Waals surface area contributed by atoms with Crippen LogP contribution in [0.3, 0.4) is 0 Å². The Labute approximate surface area is 157 Å². The van der Waals surface area contributed by atoms with E-state index in [9.17, 15) is 0 Å². The minimum atomic E-state index is 0.381. The fraction of sp³-hybridized carbons (Fsp3) is 0.421. The number of thioether (sulfide) groups is 1. The van der Waals surface area contributed by atoms with Crippen molar-refractivity contribution < 1.29 is 0 Å². The smallest absolute Gasteiger partial charge is 0.191 e. The molecule has 0 saturated carbocycles. The van der Waals surface area contributed by atoms with E-state index in [-0.39, 0.29) is 0 Å². The van der Waals surface area contributed by atoms with Crippen LogP contribution in [0.15, 0.2) is 34.8 Å². The molecule has 0 unspecified atom stereocenters. The fourth-order valence-corrected chi connectivity index (χ4v) is 4.35. The molecular weight excluding hydrogens is 348 g/mol. The Morgan fingerprint density at radius 2 is 1.76 bits per heavy atom. The van der Waals surface area contributed by atoms with Gasteiger partial charge in [0.05, 0.1) is 5.69 Å². The fourth-order valence-electron chi connectivity index (χ4n) is 2.61. The first-order valence-electron chi connectivity index (χ1n) is 8.52. The number of thiazole rings is 1. The van der Waals surface area contributed by atoms with Crippen molar-refractivity contribution in [3.63, 3.8) is 0 Å². The molecule has 0 amide bonds. The Morgan fingerprint density at radius 1 is 1.04 bits per heavy atom. The molecule has 1 aromatic carbocycles. The second kappa shape index (κ2) is 7.70. The summed E-state index contributed by atoms with van der Waals surface area (Å²) < 4.78 is 2.08. The van der Waals surface area contributed by atoms with Gasteiger partial charge >= 0.3 is 0 Å².